The van der Waals surface area contributed by atoms with Crippen molar-refractivity contribution in [3.63, 3.8) is 0 Å². The highest BCUT2D eigenvalue weighted by Crippen LogP contribution is 2.14. The van der Waals surface area contributed by atoms with E-state index in [2.05, 4.69) is 21.3 Å². The molecule has 0 saturated carbocycles. The van der Waals surface area contributed by atoms with E-state index in [0.29, 0.717) is 23.5 Å². The number of benzene rings is 1. The van der Waals surface area contributed by atoms with Gasteiger partial charge in [-0.15, -0.1) is 0 Å². The number of aromatic nitrogens is 2. The Hall–Kier alpha value is -3.16. The van der Waals surface area contributed by atoms with Gasteiger partial charge in [0.2, 0.25) is 0 Å². The van der Waals surface area contributed by atoms with Gasteiger partial charge in [0, 0.05) is 11.7 Å². The van der Waals surface area contributed by atoms with E-state index < -0.39 is 17.7 Å². The highest BCUT2D eigenvalue weighted by molar-refractivity contribution is 6.35. The normalized spacial score (nSPS) is 10.5. The number of aryl methyl sites for hydroxylation is 1. The Kier molecular flexibility index (Phi) is 6.11. The van der Waals surface area contributed by atoms with Gasteiger partial charge in [-0.05, 0) is 33.3 Å². The predicted molar refractivity (Wildman–Crippen MR) is 96.1 cm³/mol. The Morgan fingerprint density at radius 3 is 2.31 bits per heavy atom. The summed E-state index contributed by atoms with van der Waals surface area (Å²) in [6.45, 7) is 7.50. The monoisotopic (exact) mass is 357 g/mol. The Balaban J connectivity index is 2.05. The first kappa shape index (κ1) is 19.2. The third kappa shape index (κ3) is 4.69. The molecule has 0 bridgehead atoms. The second-order valence-electron chi connectivity index (χ2n) is 6.23. The molecule has 2 aromatic rings. The molecule has 8 heteroatoms. The minimum Gasteiger partial charge on any atom is -0.346 e. The van der Waals surface area contributed by atoms with E-state index in [9.17, 15) is 14.4 Å². The summed E-state index contributed by atoms with van der Waals surface area (Å²) in [6, 6.07) is 9.58. The number of hydrazine groups is 1. The summed E-state index contributed by atoms with van der Waals surface area (Å²) in [4.78, 5) is 35.6. The molecular weight excluding hydrogens is 334 g/mol. The van der Waals surface area contributed by atoms with Gasteiger partial charge in [-0.3, -0.25) is 29.9 Å². The molecule has 0 aliphatic rings. The van der Waals surface area contributed by atoms with Gasteiger partial charge in [0.1, 0.15) is 0 Å². The van der Waals surface area contributed by atoms with Crippen LogP contribution in [0.25, 0.3) is 0 Å². The number of hydrogen-bond acceptors (Lipinski definition) is 4. The van der Waals surface area contributed by atoms with Gasteiger partial charge in [0.15, 0.2) is 0 Å². The van der Waals surface area contributed by atoms with Crippen molar-refractivity contribution in [3.05, 3.63) is 52.8 Å². The molecule has 1 aromatic carbocycles. The molecule has 0 atom stereocenters. The molecule has 0 radical (unpaired) electrons. The first-order valence-electron chi connectivity index (χ1n) is 8.28. The van der Waals surface area contributed by atoms with Crippen molar-refractivity contribution in [1.29, 1.82) is 0 Å². The molecular formula is C18H23N5O3. The van der Waals surface area contributed by atoms with Crippen LogP contribution in [0.5, 0.6) is 0 Å². The summed E-state index contributed by atoms with van der Waals surface area (Å²) >= 11 is 0. The van der Waals surface area contributed by atoms with E-state index in [1.807, 2.05) is 30.3 Å². The zero-order valence-corrected chi connectivity index (χ0v) is 15.3. The summed E-state index contributed by atoms with van der Waals surface area (Å²) in [6.07, 6.45) is 0. The minimum atomic E-state index is -0.931. The molecule has 26 heavy (non-hydrogen) atoms. The van der Waals surface area contributed by atoms with Crippen LogP contribution in [-0.2, 0) is 16.1 Å². The van der Waals surface area contributed by atoms with Crippen LogP contribution < -0.4 is 16.2 Å². The van der Waals surface area contributed by atoms with Crippen LogP contribution >= 0.6 is 0 Å². The first-order valence-corrected chi connectivity index (χ1v) is 8.28. The number of carbonyl (C=O) groups excluding carboxylic acids is 3. The van der Waals surface area contributed by atoms with Gasteiger partial charge in [-0.2, -0.15) is 5.10 Å². The van der Waals surface area contributed by atoms with Crippen LogP contribution in [0.3, 0.4) is 0 Å². The summed E-state index contributed by atoms with van der Waals surface area (Å²) in [5.41, 5.74) is 7.01. The number of carbonyl (C=O) groups is 3. The largest absolute Gasteiger partial charge is 0.346 e. The third-order valence-electron chi connectivity index (χ3n) is 3.70. The molecule has 2 rings (SSSR count). The Morgan fingerprint density at radius 2 is 1.69 bits per heavy atom. The summed E-state index contributed by atoms with van der Waals surface area (Å²) in [7, 11) is 0. The molecule has 1 aromatic heterocycles. The highest BCUT2D eigenvalue weighted by atomic mass is 16.2. The molecule has 8 nitrogen and oxygen atoms in total. The lowest BCUT2D eigenvalue weighted by Crippen LogP contribution is -2.49. The van der Waals surface area contributed by atoms with Crippen molar-refractivity contribution in [1.82, 2.24) is 25.9 Å². The van der Waals surface area contributed by atoms with Gasteiger partial charge in [0.25, 0.3) is 5.91 Å². The fourth-order valence-corrected chi connectivity index (χ4v) is 2.50. The third-order valence-corrected chi connectivity index (χ3v) is 3.70. The van der Waals surface area contributed by atoms with E-state index in [0.717, 1.165) is 5.56 Å². The lowest BCUT2D eigenvalue weighted by atomic mass is 10.2. The fraction of sp³-hybridized carbons (Fsp3) is 0.333. The molecule has 3 amide bonds. The fourth-order valence-electron chi connectivity index (χ4n) is 2.50. The van der Waals surface area contributed by atoms with E-state index in [1.165, 1.54) is 0 Å². The molecule has 1 heterocycles. The Morgan fingerprint density at radius 1 is 1.04 bits per heavy atom. The van der Waals surface area contributed by atoms with Gasteiger partial charge in [-0.25, -0.2) is 0 Å². The molecule has 0 unspecified atom stereocenters. The molecule has 3 N–H and O–H groups in total. The standard InChI is InChI=1S/C18H23N5O3/c1-11(2)19-17(25)18(26)21-20-16(24)15-12(3)22-23(13(15)4)10-14-8-6-5-7-9-14/h5-9,11H,10H2,1-4H3,(H,19,25)(H,20,24)(H,21,26). The van der Waals surface area contributed by atoms with E-state index in [1.54, 1.807) is 32.4 Å². The Labute approximate surface area is 151 Å². The molecule has 0 spiro atoms. The van der Waals surface area contributed by atoms with E-state index >= 15 is 0 Å². The SMILES string of the molecule is Cc1nn(Cc2ccccc2)c(C)c1C(=O)NNC(=O)C(=O)NC(C)C. The highest BCUT2D eigenvalue weighted by Gasteiger charge is 2.21. The number of nitrogens with one attached hydrogen (secondary N) is 3. The molecule has 0 aliphatic carbocycles. The van der Waals surface area contributed by atoms with Crippen LogP contribution in [0.4, 0.5) is 0 Å². The molecule has 0 aliphatic heterocycles. The lowest BCUT2D eigenvalue weighted by Gasteiger charge is -2.10. The van der Waals surface area contributed by atoms with E-state index in [4.69, 9.17) is 0 Å². The number of hydrogen-bond donors (Lipinski definition) is 3. The molecule has 138 valence electrons. The van der Waals surface area contributed by atoms with Crippen LogP contribution in [0.15, 0.2) is 30.3 Å². The van der Waals surface area contributed by atoms with Crippen molar-refractivity contribution in [2.75, 3.05) is 0 Å². The average Bonchev–Trinajstić information content (AvgIpc) is 2.86. The number of rotatable bonds is 4. The maximum atomic E-state index is 12.4. The van der Waals surface area contributed by atoms with Gasteiger partial charge in [0.05, 0.1) is 17.8 Å². The van der Waals surface area contributed by atoms with Crippen molar-refractivity contribution in [3.8, 4) is 0 Å². The van der Waals surface area contributed by atoms with Crippen molar-refractivity contribution < 1.29 is 14.4 Å². The topological polar surface area (TPSA) is 105 Å². The maximum Gasteiger partial charge on any atom is 0.327 e. The lowest BCUT2D eigenvalue weighted by molar-refractivity contribution is -0.139. The summed E-state index contributed by atoms with van der Waals surface area (Å²) in [5, 5.41) is 6.83. The summed E-state index contributed by atoms with van der Waals surface area (Å²) < 4.78 is 1.73. The van der Waals surface area contributed by atoms with Crippen LogP contribution in [0.2, 0.25) is 0 Å². The molecule has 0 fully saturated rings. The Bertz CT molecular complexity index is 812. The number of amides is 3. The van der Waals surface area contributed by atoms with Crippen LogP contribution in [0.1, 0.15) is 41.2 Å². The quantitative estimate of drug-likeness (QED) is 0.557. The van der Waals surface area contributed by atoms with Crippen LogP contribution in [-0.4, -0.2) is 33.5 Å². The maximum absolute atomic E-state index is 12.4. The van der Waals surface area contributed by atoms with Crippen molar-refractivity contribution in [2.45, 2.75) is 40.3 Å². The van der Waals surface area contributed by atoms with Crippen molar-refractivity contribution in [2.24, 2.45) is 0 Å². The zero-order valence-electron chi connectivity index (χ0n) is 15.3. The van der Waals surface area contributed by atoms with Gasteiger partial charge >= 0.3 is 11.8 Å². The van der Waals surface area contributed by atoms with E-state index in [-0.39, 0.29) is 6.04 Å². The second kappa shape index (κ2) is 8.28. The number of nitrogens with zero attached hydrogens (tertiary/aromatic N) is 2. The minimum absolute atomic E-state index is 0.176. The first-order chi connectivity index (χ1) is 12.3. The zero-order chi connectivity index (χ0) is 19.3. The smallest absolute Gasteiger partial charge is 0.327 e. The molecule has 0 saturated heterocycles. The second-order valence-corrected chi connectivity index (χ2v) is 6.23. The van der Waals surface area contributed by atoms with Gasteiger partial charge < -0.3 is 5.32 Å². The average molecular weight is 357 g/mol. The van der Waals surface area contributed by atoms with Crippen LogP contribution in [0, 0.1) is 13.8 Å². The predicted octanol–water partition coefficient (Wildman–Crippen LogP) is 0.834. The van der Waals surface area contributed by atoms with Gasteiger partial charge in [-0.1, -0.05) is 30.3 Å². The van der Waals surface area contributed by atoms with Crippen molar-refractivity contribution >= 4 is 17.7 Å². The summed E-state index contributed by atoms with van der Waals surface area (Å²) in [5.74, 6) is -2.27.